The SMILES string of the molecule is C/C=C(\C)CC(C)(SI)C1=C(C)CCCC1(C)C. The summed E-state index contributed by atoms with van der Waals surface area (Å²) in [7, 11) is 2.00. The number of rotatable bonds is 4. The largest absolute Gasteiger partial charge is 0.0887 e. The lowest BCUT2D eigenvalue weighted by Gasteiger charge is -2.44. The van der Waals surface area contributed by atoms with Crippen LogP contribution in [0.2, 0.25) is 0 Å². The third-order valence-electron chi connectivity index (χ3n) is 4.27. The Morgan fingerprint density at radius 2 is 2.11 bits per heavy atom. The Balaban J connectivity index is 3.20. The van der Waals surface area contributed by atoms with E-state index in [9.17, 15) is 0 Å². The van der Waals surface area contributed by atoms with Gasteiger partial charge in [-0.25, -0.2) is 0 Å². The van der Waals surface area contributed by atoms with Gasteiger partial charge < -0.3 is 0 Å². The van der Waals surface area contributed by atoms with Crippen LogP contribution in [0.15, 0.2) is 22.8 Å². The molecule has 0 heterocycles. The quantitative estimate of drug-likeness (QED) is 0.387. The summed E-state index contributed by atoms with van der Waals surface area (Å²) in [4.78, 5) is 0. The molecule has 0 fully saturated rings. The Morgan fingerprint density at radius 1 is 1.50 bits per heavy atom. The highest BCUT2D eigenvalue weighted by Crippen LogP contribution is 2.54. The second-order valence-corrected chi connectivity index (χ2v) is 8.89. The lowest BCUT2D eigenvalue weighted by Crippen LogP contribution is -2.35. The van der Waals surface area contributed by atoms with E-state index in [4.69, 9.17) is 0 Å². The molecule has 0 N–H and O–H groups in total. The first-order valence-electron chi connectivity index (χ1n) is 6.89. The fraction of sp³-hybridized carbons (Fsp3) is 0.750. The fourth-order valence-electron chi connectivity index (χ4n) is 3.58. The van der Waals surface area contributed by atoms with E-state index >= 15 is 0 Å². The van der Waals surface area contributed by atoms with Gasteiger partial charge in [-0.3, -0.25) is 0 Å². The molecule has 1 aliphatic rings. The van der Waals surface area contributed by atoms with E-state index in [0.717, 1.165) is 0 Å². The highest BCUT2D eigenvalue weighted by atomic mass is 127. The van der Waals surface area contributed by atoms with Gasteiger partial charge in [0.1, 0.15) is 0 Å². The molecular weight excluding hydrogens is 351 g/mol. The highest BCUT2D eigenvalue weighted by Gasteiger charge is 2.40. The molecule has 0 amide bonds. The van der Waals surface area contributed by atoms with Crippen LogP contribution in [0.3, 0.4) is 0 Å². The minimum atomic E-state index is 0.255. The van der Waals surface area contributed by atoms with Gasteiger partial charge in [-0.05, 0) is 85.6 Å². The van der Waals surface area contributed by atoms with Crippen LogP contribution < -0.4 is 0 Å². The third-order valence-corrected chi connectivity index (χ3v) is 7.87. The molecule has 2 heteroatoms. The topological polar surface area (TPSA) is 0 Å². The van der Waals surface area contributed by atoms with Crippen LogP contribution in [0.1, 0.15) is 67.2 Å². The molecule has 0 aromatic heterocycles. The maximum Gasteiger partial charge on any atom is 0.0484 e. The normalized spacial score (nSPS) is 24.1. The molecule has 1 atom stereocenters. The third kappa shape index (κ3) is 3.56. The van der Waals surface area contributed by atoms with Crippen LogP contribution in [-0.4, -0.2) is 4.75 Å². The Kier molecular flexibility index (Phi) is 5.85. The van der Waals surface area contributed by atoms with Crippen molar-refractivity contribution >= 4 is 30.1 Å². The van der Waals surface area contributed by atoms with Gasteiger partial charge in [-0.15, -0.1) is 0 Å². The molecule has 0 spiro atoms. The number of hydrogen-bond donors (Lipinski definition) is 0. The van der Waals surface area contributed by atoms with E-state index in [2.05, 4.69) is 68.8 Å². The van der Waals surface area contributed by atoms with E-state index in [1.807, 2.05) is 8.93 Å². The monoisotopic (exact) mass is 378 g/mol. The summed E-state index contributed by atoms with van der Waals surface area (Å²) in [6.07, 6.45) is 7.42. The van der Waals surface area contributed by atoms with Crippen molar-refractivity contribution in [2.75, 3.05) is 0 Å². The summed E-state index contributed by atoms with van der Waals surface area (Å²) in [5, 5.41) is 0. The molecule has 0 aromatic carbocycles. The van der Waals surface area contributed by atoms with Gasteiger partial charge in [0.25, 0.3) is 0 Å². The first kappa shape index (κ1) is 16.6. The lowest BCUT2D eigenvalue weighted by molar-refractivity contribution is 0.338. The van der Waals surface area contributed by atoms with Gasteiger partial charge in [-0.2, -0.15) is 0 Å². The van der Waals surface area contributed by atoms with Crippen molar-refractivity contribution in [1.29, 1.82) is 0 Å². The molecule has 0 saturated carbocycles. The zero-order valence-electron chi connectivity index (χ0n) is 12.7. The number of hydrogen-bond acceptors (Lipinski definition) is 1. The summed E-state index contributed by atoms with van der Waals surface area (Å²) in [6.45, 7) is 14.1. The molecule has 0 aliphatic heterocycles. The van der Waals surface area contributed by atoms with Crippen molar-refractivity contribution in [2.45, 2.75) is 72.0 Å². The van der Waals surface area contributed by atoms with Crippen LogP contribution in [0, 0.1) is 5.41 Å². The minimum Gasteiger partial charge on any atom is -0.0887 e. The predicted molar refractivity (Wildman–Crippen MR) is 94.4 cm³/mol. The summed E-state index contributed by atoms with van der Waals surface area (Å²) >= 11 is 2.50. The molecule has 18 heavy (non-hydrogen) atoms. The van der Waals surface area contributed by atoms with Gasteiger partial charge >= 0.3 is 0 Å². The Morgan fingerprint density at radius 3 is 2.56 bits per heavy atom. The zero-order chi connectivity index (χ0) is 14.0. The van der Waals surface area contributed by atoms with Crippen molar-refractivity contribution in [3.05, 3.63) is 22.8 Å². The van der Waals surface area contributed by atoms with Gasteiger partial charge in [0.15, 0.2) is 0 Å². The maximum atomic E-state index is 2.50. The van der Waals surface area contributed by atoms with Crippen molar-refractivity contribution in [3.63, 3.8) is 0 Å². The van der Waals surface area contributed by atoms with Crippen molar-refractivity contribution < 1.29 is 0 Å². The van der Waals surface area contributed by atoms with Gasteiger partial charge in [0.2, 0.25) is 0 Å². The van der Waals surface area contributed by atoms with Crippen molar-refractivity contribution in [2.24, 2.45) is 5.41 Å². The molecule has 104 valence electrons. The first-order chi connectivity index (χ1) is 8.27. The highest BCUT2D eigenvalue weighted by molar-refractivity contribution is 14.2. The first-order valence-corrected chi connectivity index (χ1v) is 10.2. The molecule has 1 unspecified atom stereocenters. The van der Waals surface area contributed by atoms with E-state index < -0.39 is 0 Å². The second-order valence-electron chi connectivity index (χ2n) is 6.51. The van der Waals surface area contributed by atoms with E-state index in [0.29, 0.717) is 5.41 Å². The standard InChI is InChI=1S/C16H27IS/c1-7-12(2)11-16(6,18-17)14-13(3)9-8-10-15(14,4)5/h7H,8-11H2,1-6H3/b12-7+. The number of allylic oxidation sites excluding steroid dienone is 3. The summed E-state index contributed by atoms with van der Waals surface area (Å²) in [5.74, 6) is 0. The average Bonchev–Trinajstić information content (AvgIpc) is 2.27. The molecule has 0 nitrogen and oxygen atoms in total. The van der Waals surface area contributed by atoms with E-state index in [-0.39, 0.29) is 4.75 Å². The Labute approximate surface area is 130 Å². The maximum absolute atomic E-state index is 2.50. The van der Waals surface area contributed by atoms with Crippen molar-refractivity contribution in [1.82, 2.24) is 0 Å². The van der Waals surface area contributed by atoms with Gasteiger partial charge in [0, 0.05) is 4.75 Å². The molecule has 0 radical (unpaired) electrons. The second kappa shape index (κ2) is 6.34. The van der Waals surface area contributed by atoms with Crippen molar-refractivity contribution in [3.8, 4) is 0 Å². The smallest absolute Gasteiger partial charge is 0.0484 e. The molecule has 0 bridgehead atoms. The Hall–Kier alpha value is 0.560. The predicted octanol–water partition coefficient (Wildman–Crippen LogP) is 6.71. The summed E-state index contributed by atoms with van der Waals surface area (Å²) < 4.78 is 0.255. The molecule has 0 aromatic rings. The average molecular weight is 378 g/mol. The van der Waals surface area contributed by atoms with Crippen LogP contribution in [-0.2, 0) is 0 Å². The molecule has 1 aliphatic carbocycles. The van der Waals surface area contributed by atoms with E-state index in [1.165, 1.54) is 31.3 Å². The van der Waals surface area contributed by atoms with Gasteiger partial charge in [-0.1, -0.05) is 40.0 Å². The van der Waals surface area contributed by atoms with E-state index in [1.54, 1.807) is 11.1 Å². The van der Waals surface area contributed by atoms with Crippen LogP contribution >= 0.6 is 30.1 Å². The molecule has 1 rings (SSSR count). The van der Waals surface area contributed by atoms with Gasteiger partial charge in [0.05, 0.1) is 0 Å². The van der Waals surface area contributed by atoms with Crippen LogP contribution in [0.25, 0.3) is 0 Å². The molecular formula is C16H27IS. The van der Waals surface area contributed by atoms with Crippen LogP contribution in [0.4, 0.5) is 0 Å². The lowest BCUT2D eigenvalue weighted by atomic mass is 9.67. The number of halogens is 1. The molecule has 0 saturated heterocycles. The minimum absolute atomic E-state index is 0.255. The zero-order valence-corrected chi connectivity index (χ0v) is 15.7. The van der Waals surface area contributed by atoms with Crippen LogP contribution in [0.5, 0.6) is 0 Å². The summed E-state index contributed by atoms with van der Waals surface area (Å²) in [6, 6.07) is 0. The fourth-order valence-corrected chi connectivity index (χ4v) is 5.52. The summed E-state index contributed by atoms with van der Waals surface area (Å²) in [5.41, 5.74) is 5.22. The Bertz CT molecular complexity index is 365.